The Labute approximate surface area is 118 Å². The molecule has 4 nitrogen and oxygen atoms in total. The van der Waals surface area contributed by atoms with E-state index in [9.17, 15) is 14.7 Å². The van der Waals surface area contributed by atoms with E-state index in [2.05, 4.69) is 13.8 Å². The Bertz CT molecular complexity index is 544. The summed E-state index contributed by atoms with van der Waals surface area (Å²) in [6, 6.07) is 6.70. The lowest BCUT2D eigenvalue weighted by Crippen LogP contribution is -2.52. The highest BCUT2D eigenvalue weighted by Gasteiger charge is 2.47. The van der Waals surface area contributed by atoms with Crippen molar-refractivity contribution in [1.82, 2.24) is 4.90 Å². The molecule has 1 N–H and O–H groups in total. The standard InChI is InChI=1S/C16H19NO3/c1-16(2)8-7-10(18)9-13(16)17-14(19)11-5-3-4-6-12(11)15(17)20/h3-6,10,13,18H,7-9H2,1-2H3/t10-,13+/m1/s1. The van der Waals surface area contributed by atoms with Crippen molar-refractivity contribution in [1.29, 1.82) is 0 Å². The molecule has 106 valence electrons. The maximum atomic E-state index is 12.5. The summed E-state index contributed by atoms with van der Waals surface area (Å²) in [4.78, 5) is 26.4. The van der Waals surface area contributed by atoms with E-state index in [1.165, 1.54) is 4.90 Å². The monoisotopic (exact) mass is 273 g/mol. The second kappa shape index (κ2) is 4.42. The Morgan fingerprint density at radius 2 is 1.70 bits per heavy atom. The van der Waals surface area contributed by atoms with E-state index >= 15 is 0 Å². The molecule has 0 aromatic heterocycles. The number of imide groups is 1. The van der Waals surface area contributed by atoms with Gasteiger partial charge in [-0.3, -0.25) is 14.5 Å². The number of rotatable bonds is 1. The topological polar surface area (TPSA) is 57.6 Å². The minimum absolute atomic E-state index is 0.160. The van der Waals surface area contributed by atoms with Gasteiger partial charge in [-0.25, -0.2) is 0 Å². The molecule has 0 saturated heterocycles. The molecular weight excluding hydrogens is 254 g/mol. The number of benzene rings is 1. The second-order valence-electron chi connectivity index (χ2n) is 6.46. The van der Waals surface area contributed by atoms with Crippen molar-refractivity contribution in [3.05, 3.63) is 35.4 Å². The smallest absolute Gasteiger partial charge is 0.261 e. The number of hydrogen-bond donors (Lipinski definition) is 1. The summed E-state index contributed by atoms with van der Waals surface area (Å²) in [5.74, 6) is -0.449. The van der Waals surface area contributed by atoms with Crippen LogP contribution in [0.1, 0.15) is 53.8 Å². The van der Waals surface area contributed by atoms with Crippen LogP contribution < -0.4 is 0 Å². The molecular formula is C16H19NO3. The van der Waals surface area contributed by atoms with Gasteiger partial charge in [-0.05, 0) is 36.8 Å². The van der Waals surface area contributed by atoms with Crippen molar-refractivity contribution < 1.29 is 14.7 Å². The van der Waals surface area contributed by atoms with Crippen LogP contribution in [0, 0.1) is 5.41 Å². The molecule has 1 aliphatic carbocycles. The van der Waals surface area contributed by atoms with Gasteiger partial charge in [0.15, 0.2) is 0 Å². The van der Waals surface area contributed by atoms with Gasteiger partial charge in [0.05, 0.1) is 17.2 Å². The fourth-order valence-corrected chi connectivity index (χ4v) is 3.35. The van der Waals surface area contributed by atoms with E-state index < -0.39 is 6.10 Å². The third-order valence-corrected chi connectivity index (χ3v) is 4.66. The highest BCUT2D eigenvalue weighted by Crippen LogP contribution is 2.41. The van der Waals surface area contributed by atoms with E-state index in [0.29, 0.717) is 17.5 Å². The molecule has 0 bridgehead atoms. The molecule has 2 aliphatic rings. The van der Waals surface area contributed by atoms with Crippen LogP contribution in [-0.2, 0) is 0 Å². The normalized spacial score (nSPS) is 28.6. The Morgan fingerprint density at radius 3 is 2.25 bits per heavy atom. The van der Waals surface area contributed by atoms with Crippen LogP contribution in [0.5, 0.6) is 0 Å². The first-order valence-corrected chi connectivity index (χ1v) is 7.07. The lowest BCUT2D eigenvalue weighted by molar-refractivity contribution is 0.000400. The van der Waals surface area contributed by atoms with Gasteiger partial charge < -0.3 is 5.11 Å². The van der Waals surface area contributed by atoms with Crippen molar-refractivity contribution in [2.24, 2.45) is 5.41 Å². The van der Waals surface area contributed by atoms with Crippen LogP contribution >= 0.6 is 0 Å². The SMILES string of the molecule is CC1(C)CC[C@@H](O)C[C@@H]1N1C(=O)c2ccccc2C1=O. The molecule has 1 saturated carbocycles. The maximum absolute atomic E-state index is 12.5. The van der Waals surface area contributed by atoms with Crippen LogP contribution in [0.25, 0.3) is 0 Å². The Kier molecular flexibility index (Phi) is 2.94. The maximum Gasteiger partial charge on any atom is 0.261 e. The highest BCUT2D eigenvalue weighted by atomic mass is 16.3. The molecule has 0 unspecified atom stereocenters. The molecule has 3 rings (SSSR count). The van der Waals surface area contributed by atoms with Crippen LogP contribution in [-0.4, -0.2) is 34.0 Å². The van der Waals surface area contributed by atoms with Gasteiger partial charge in [0, 0.05) is 6.04 Å². The number of carbonyl (C=O) groups excluding carboxylic acids is 2. The summed E-state index contributed by atoms with van der Waals surface area (Å²) in [5, 5.41) is 9.91. The van der Waals surface area contributed by atoms with Gasteiger partial charge in [0.1, 0.15) is 0 Å². The number of hydrogen-bond acceptors (Lipinski definition) is 3. The van der Waals surface area contributed by atoms with E-state index in [-0.39, 0.29) is 23.3 Å². The zero-order valence-electron chi connectivity index (χ0n) is 11.8. The van der Waals surface area contributed by atoms with Crippen LogP contribution in [0.2, 0.25) is 0 Å². The van der Waals surface area contributed by atoms with Crippen molar-refractivity contribution in [3.8, 4) is 0 Å². The van der Waals surface area contributed by atoms with Gasteiger partial charge >= 0.3 is 0 Å². The summed E-state index contributed by atoms with van der Waals surface area (Å²) in [6.07, 6.45) is 1.58. The average molecular weight is 273 g/mol. The fraction of sp³-hybridized carbons (Fsp3) is 0.500. The Balaban J connectivity index is 1.99. The van der Waals surface area contributed by atoms with Gasteiger partial charge in [-0.2, -0.15) is 0 Å². The summed E-state index contributed by atoms with van der Waals surface area (Å²) < 4.78 is 0. The lowest BCUT2D eigenvalue weighted by Gasteiger charge is -2.44. The number of amides is 2. The highest BCUT2D eigenvalue weighted by molar-refractivity contribution is 6.21. The van der Waals surface area contributed by atoms with Gasteiger partial charge in [0.25, 0.3) is 11.8 Å². The zero-order chi connectivity index (χ0) is 14.5. The summed E-state index contributed by atoms with van der Waals surface area (Å²) in [6.45, 7) is 4.13. The first-order chi connectivity index (χ1) is 9.42. The fourth-order valence-electron chi connectivity index (χ4n) is 3.35. The summed E-state index contributed by atoms with van der Waals surface area (Å²) in [7, 11) is 0. The molecule has 1 aromatic rings. The van der Waals surface area contributed by atoms with Crippen molar-refractivity contribution >= 4 is 11.8 Å². The Hall–Kier alpha value is -1.68. The number of nitrogens with zero attached hydrogens (tertiary/aromatic N) is 1. The predicted octanol–water partition coefficient (Wildman–Crippen LogP) is 2.22. The quantitative estimate of drug-likeness (QED) is 0.798. The largest absolute Gasteiger partial charge is 0.393 e. The number of aliphatic hydroxyl groups is 1. The third kappa shape index (κ3) is 1.86. The molecule has 2 amide bonds. The molecule has 0 spiro atoms. The molecule has 4 heteroatoms. The van der Waals surface area contributed by atoms with Gasteiger partial charge in [-0.1, -0.05) is 26.0 Å². The van der Waals surface area contributed by atoms with E-state index in [0.717, 1.165) is 12.8 Å². The zero-order valence-corrected chi connectivity index (χ0v) is 11.8. The van der Waals surface area contributed by atoms with Gasteiger partial charge in [-0.15, -0.1) is 0 Å². The second-order valence-corrected chi connectivity index (χ2v) is 6.46. The average Bonchev–Trinajstić information content (AvgIpc) is 2.66. The summed E-state index contributed by atoms with van der Waals surface area (Å²) >= 11 is 0. The first kappa shape index (κ1) is 13.3. The number of fused-ring (bicyclic) bond motifs is 1. The van der Waals surface area contributed by atoms with Crippen LogP contribution in [0.15, 0.2) is 24.3 Å². The minimum Gasteiger partial charge on any atom is -0.393 e. The van der Waals surface area contributed by atoms with Crippen molar-refractivity contribution in [2.45, 2.75) is 45.3 Å². The number of carbonyl (C=O) groups is 2. The van der Waals surface area contributed by atoms with E-state index in [1.807, 2.05) is 0 Å². The molecule has 2 atom stereocenters. The molecule has 1 heterocycles. The van der Waals surface area contributed by atoms with E-state index in [4.69, 9.17) is 0 Å². The third-order valence-electron chi connectivity index (χ3n) is 4.66. The molecule has 1 aliphatic heterocycles. The van der Waals surface area contributed by atoms with Crippen LogP contribution in [0.3, 0.4) is 0 Å². The molecule has 20 heavy (non-hydrogen) atoms. The lowest BCUT2D eigenvalue weighted by atomic mass is 9.71. The van der Waals surface area contributed by atoms with Crippen molar-refractivity contribution in [2.75, 3.05) is 0 Å². The van der Waals surface area contributed by atoms with E-state index in [1.54, 1.807) is 24.3 Å². The van der Waals surface area contributed by atoms with Gasteiger partial charge in [0.2, 0.25) is 0 Å². The first-order valence-electron chi connectivity index (χ1n) is 7.07. The summed E-state index contributed by atoms with van der Waals surface area (Å²) in [5.41, 5.74) is 0.800. The Morgan fingerprint density at radius 1 is 1.15 bits per heavy atom. The minimum atomic E-state index is -0.433. The number of aliphatic hydroxyl groups excluding tert-OH is 1. The van der Waals surface area contributed by atoms with Crippen molar-refractivity contribution in [3.63, 3.8) is 0 Å². The molecule has 0 radical (unpaired) electrons. The molecule has 1 aromatic carbocycles. The van der Waals surface area contributed by atoms with Crippen LogP contribution in [0.4, 0.5) is 0 Å². The molecule has 1 fully saturated rings. The predicted molar refractivity (Wildman–Crippen MR) is 74.4 cm³/mol.